The van der Waals surface area contributed by atoms with Crippen LogP contribution in [0.3, 0.4) is 0 Å². The predicted octanol–water partition coefficient (Wildman–Crippen LogP) is 2.42. The lowest BCUT2D eigenvalue weighted by atomic mass is 9.96. The molecule has 0 radical (unpaired) electrons. The van der Waals surface area contributed by atoms with Crippen LogP contribution in [0.1, 0.15) is 27.2 Å². The molecule has 0 fully saturated rings. The minimum Gasteiger partial charge on any atom is -0.507 e. The van der Waals surface area contributed by atoms with Gasteiger partial charge in [0.1, 0.15) is 5.75 Å². The van der Waals surface area contributed by atoms with Crippen LogP contribution in [-0.2, 0) is 7.05 Å². The van der Waals surface area contributed by atoms with E-state index in [2.05, 4.69) is 5.10 Å². The monoisotopic (exact) mass is 260 g/mol. The van der Waals surface area contributed by atoms with Crippen molar-refractivity contribution in [1.82, 2.24) is 9.78 Å². The van der Waals surface area contributed by atoms with Crippen LogP contribution < -0.4 is 0 Å². The van der Waals surface area contributed by atoms with Crippen LogP contribution >= 0.6 is 0 Å². The number of carboxylic acids is 1. The number of rotatable bonds is 2. The highest BCUT2D eigenvalue weighted by atomic mass is 16.4. The smallest absolute Gasteiger partial charge is 0.356 e. The third-order valence-corrected chi connectivity index (χ3v) is 3.43. The van der Waals surface area contributed by atoms with Gasteiger partial charge in [-0.2, -0.15) is 5.10 Å². The molecule has 19 heavy (non-hydrogen) atoms. The van der Waals surface area contributed by atoms with Gasteiger partial charge in [-0.15, -0.1) is 0 Å². The summed E-state index contributed by atoms with van der Waals surface area (Å²) in [5.74, 6) is -0.770. The van der Waals surface area contributed by atoms with Crippen molar-refractivity contribution in [3.05, 3.63) is 34.5 Å². The molecule has 5 nitrogen and oxygen atoms in total. The number of phenols is 1. The minimum atomic E-state index is -1.05. The van der Waals surface area contributed by atoms with E-state index in [9.17, 15) is 9.90 Å². The summed E-state index contributed by atoms with van der Waals surface area (Å²) >= 11 is 0. The molecule has 1 aromatic heterocycles. The van der Waals surface area contributed by atoms with Crippen molar-refractivity contribution in [3.8, 4) is 17.0 Å². The fraction of sp³-hybridized carbons (Fsp3) is 0.286. The molecule has 2 rings (SSSR count). The van der Waals surface area contributed by atoms with Crippen LogP contribution in [0.5, 0.6) is 5.75 Å². The van der Waals surface area contributed by atoms with Gasteiger partial charge in [-0.25, -0.2) is 4.79 Å². The molecule has 0 aliphatic carbocycles. The number of hydrogen-bond donors (Lipinski definition) is 2. The van der Waals surface area contributed by atoms with Crippen molar-refractivity contribution >= 4 is 5.97 Å². The predicted molar refractivity (Wildman–Crippen MR) is 71.5 cm³/mol. The molecular formula is C14H16N2O3. The van der Waals surface area contributed by atoms with Crippen molar-refractivity contribution in [2.75, 3.05) is 0 Å². The Hall–Kier alpha value is -2.30. The van der Waals surface area contributed by atoms with Crippen LogP contribution in [0.15, 0.2) is 12.1 Å². The molecule has 0 unspecified atom stereocenters. The minimum absolute atomic E-state index is 0.0141. The molecule has 0 spiro atoms. The fourth-order valence-electron chi connectivity index (χ4n) is 2.16. The molecule has 2 N–H and O–H groups in total. The third kappa shape index (κ3) is 2.07. The summed E-state index contributed by atoms with van der Waals surface area (Å²) in [6, 6.07) is 3.39. The highest BCUT2D eigenvalue weighted by molar-refractivity contribution is 5.87. The largest absolute Gasteiger partial charge is 0.507 e. The van der Waals surface area contributed by atoms with Crippen molar-refractivity contribution in [3.63, 3.8) is 0 Å². The molecule has 0 bridgehead atoms. The molecule has 0 aliphatic rings. The fourth-order valence-corrected chi connectivity index (χ4v) is 2.16. The molecule has 100 valence electrons. The average molecular weight is 260 g/mol. The lowest BCUT2D eigenvalue weighted by molar-refractivity contribution is 0.0689. The molecule has 1 heterocycles. The summed E-state index contributed by atoms with van der Waals surface area (Å²) in [7, 11) is 1.71. The van der Waals surface area contributed by atoms with E-state index in [1.807, 2.05) is 26.8 Å². The lowest BCUT2D eigenvalue weighted by Crippen LogP contribution is -2.00. The van der Waals surface area contributed by atoms with Gasteiger partial charge >= 0.3 is 5.97 Å². The van der Waals surface area contributed by atoms with E-state index >= 15 is 0 Å². The van der Waals surface area contributed by atoms with Crippen LogP contribution in [0.4, 0.5) is 0 Å². The number of carbonyl (C=O) groups is 1. The van der Waals surface area contributed by atoms with Gasteiger partial charge < -0.3 is 10.2 Å². The van der Waals surface area contributed by atoms with E-state index in [1.165, 1.54) is 0 Å². The Bertz CT molecular complexity index is 672. The Kier molecular flexibility index (Phi) is 3.06. The Morgan fingerprint density at radius 1 is 1.21 bits per heavy atom. The van der Waals surface area contributed by atoms with Crippen LogP contribution in [0, 0.1) is 20.8 Å². The van der Waals surface area contributed by atoms with Gasteiger partial charge in [-0.3, -0.25) is 4.68 Å². The van der Waals surface area contributed by atoms with E-state index in [0.29, 0.717) is 0 Å². The van der Waals surface area contributed by atoms with E-state index in [-0.39, 0.29) is 11.4 Å². The van der Waals surface area contributed by atoms with Crippen molar-refractivity contribution < 1.29 is 15.0 Å². The van der Waals surface area contributed by atoms with Gasteiger partial charge in [-0.1, -0.05) is 0 Å². The first-order chi connectivity index (χ1) is 8.82. The molecule has 2 aromatic rings. The molecule has 5 heteroatoms. The summed E-state index contributed by atoms with van der Waals surface area (Å²) < 4.78 is 1.54. The maximum atomic E-state index is 11.0. The number of hydrogen-bond acceptors (Lipinski definition) is 3. The number of aryl methyl sites for hydroxylation is 2. The van der Waals surface area contributed by atoms with E-state index in [0.717, 1.165) is 27.9 Å². The van der Waals surface area contributed by atoms with Gasteiger partial charge in [0.2, 0.25) is 0 Å². The highest BCUT2D eigenvalue weighted by Gasteiger charge is 2.17. The van der Waals surface area contributed by atoms with Gasteiger partial charge in [-0.05, 0) is 49.6 Å². The molecule has 1 aromatic carbocycles. The standard InChI is InChI=1S/C14H16N2O3/c1-7-5-10(8(2)9(3)13(7)17)12-6-11(14(18)19)15-16(12)4/h5-6,17H,1-4H3,(H,18,19). The van der Waals surface area contributed by atoms with E-state index in [1.54, 1.807) is 17.8 Å². The number of phenolic OH excluding ortho intramolecular Hbond substituents is 1. The Morgan fingerprint density at radius 3 is 2.37 bits per heavy atom. The number of aromatic carboxylic acids is 1. The van der Waals surface area contributed by atoms with Crippen LogP contribution in [0.2, 0.25) is 0 Å². The molecule has 0 atom stereocenters. The van der Waals surface area contributed by atoms with E-state index in [4.69, 9.17) is 5.11 Å². The summed E-state index contributed by atoms with van der Waals surface area (Å²) in [4.78, 5) is 11.0. The first-order valence-electron chi connectivity index (χ1n) is 5.90. The summed E-state index contributed by atoms with van der Waals surface area (Å²) in [6.45, 7) is 5.56. The maximum Gasteiger partial charge on any atom is 0.356 e. The second-order valence-electron chi connectivity index (χ2n) is 4.68. The zero-order chi connectivity index (χ0) is 14.3. The molecule has 0 amide bonds. The Labute approximate surface area is 111 Å². The normalized spacial score (nSPS) is 10.7. The van der Waals surface area contributed by atoms with Crippen LogP contribution in [-0.4, -0.2) is 26.0 Å². The topological polar surface area (TPSA) is 75.3 Å². The van der Waals surface area contributed by atoms with Gasteiger partial charge in [0.05, 0.1) is 5.69 Å². The number of carboxylic acid groups (broad SMARTS) is 1. The summed E-state index contributed by atoms with van der Waals surface area (Å²) in [5.41, 5.74) is 4.10. The lowest BCUT2D eigenvalue weighted by Gasteiger charge is -2.13. The Balaban J connectivity index is 2.69. The first kappa shape index (κ1) is 13.1. The zero-order valence-corrected chi connectivity index (χ0v) is 11.4. The summed E-state index contributed by atoms with van der Waals surface area (Å²) in [5, 5.41) is 22.8. The number of aromatic hydroxyl groups is 1. The molecule has 0 saturated carbocycles. The molecule has 0 aliphatic heterocycles. The van der Waals surface area contributed by atoms with Crippen molar-refractivity contribution in [2.24, 2.45) is 7.05 Å². The third-order valence-electron chi connectivity index (χ3n) is 3.43. The zero-order valence-electron chi connectivity index (χ0n) is 11.4. The number of aromatic nitrogens is 2. The Morgan fingerprint density at radius 2 is 1.84 bits per heavy atom. The second-order valence-corrected chi connectivity index (χ2v) is 4.68. The molecular weight excluding hydrogens is 244 g/mol. The van der Waals surface area contributed by atoms with E-state index < -0.39 is 5.97 Å². The SMILES string of the molecule is Cc1cc(-c2cc(C(=O)O)nn2C)c(C)c(C)c1O. The molecule has 0 saturated heterocycles. The first-order valence-corrected chi connectivity index (χ1v) is 5.90. The average Bonchev–Trinajstić information content (AvgIpc) is 2.73. The van der Waals surface area contributed by atoms with Gasteiger partial charge in [0.15, 0.2) is 5.69 Å². The quantitative estimate of drug-likeness (QED) is 0.869. The highest BCUT2D eigenvalue weighted by Crippen LogP contribution is 2.33. The van der Waals surface area contributed by atoms with Gasteiger partial charge in [0, 0.05) is 12.6 Å². The van der Waals surface area contributed by atoms with Crippen molar-refractivity contribution in [1.29, 1.82) is 0 Å². The second kappa shape index (κ2) is 4.42. The van der Waals surface area contributed by atoms with Crippen LogP contribution in [0.25, 0.3) is 11.3 Å². The maximum absolute atomic E-state index is 11.0. The van der Waals surface area contributed by atoms with Crippen molar-refractivity contribution in [2.45, 2.75) is 20.8 Å². The summed E-state index contributed by atoms with van der Waals surface area (Å²) in [6.07, 6.45) is 0. The number of nitrogens with zero attached hydrogens (tertiary/aromatic N) is 2. The number of benzene rings is 1. The van der Waals surface area contributed by atoms with Gasteiger partial charge in [0.25, 0.3) is 0 Å².